The van der Waals surface area contributed by atoms with E-state index in [-0.39, 0.29) is 30.6 Å². The van der Waals surface area contributed by atoms with Crippen LogP contribution in [-0.4, -0.2) is 34.6 Å². The van der Waals surface area contributed by atoms with Gasteiger partial charge in [-0.25, -0.2) is 22.3 Å². The Morgan fingerprint density at radius 3 is 2.78 bits per heavy atom. The molecule has 0 aliphatic carbocycles. The van der Waals surface area contributed by atoms with Crippen LogP contribution in [0.5, 0.6) is 0 Å². The van der Waals surface area contributed by atoms with E-state index in [9.17, 15) is 17.6 Å². The lowest BCUT2D eigenvalue weighted by Gasteiger charge is -2.27. The number of sulfonamides is 1. The number of ether oxygens (including phenoxy) is 1. The first kappa shape index (κ1) is 21.3. The Morgan fingerprint density at radius 2 is 2.04 bits per heavy atom. The normalized spacial score (nSPS) is 16.1. The number of benzene rings is 2. The minimum Gasteiger partial charge on any atom is -0.465 e. The number of rotatable bonds is 5. The molecule has 0 aromatic heterocycles. The molecule has 1 unspecified atom stereocenters. The Bertz CT molecular complexity index is 937. The third-order valence-corrected chi connectivity index (χ3v) is 5.80. The Kier molecular flexibility index (Phi) is 6.94. The number of nitrogens with one attached hydrogen (secondary N) is 2. The Balaban J connectivity index is 0.00000261. The van der Waals surface area contributed by atoms with Gasteiger partial charge in [0.15, 0.2) is 0 Å². The molecule has 146 valence electrons. The summed E-state index contributed by atoms with van der Waals surface area (Å²) >= 11 is 0. The number of fused-ring (bicyclic) bond motifs is 1. The van der Waals surface area contributed by atoms with Crippen LogP contribution in [0.3, 0.4) is 0 Å². The van der Waals surface area contributed by atoms with Crippen LogP contribution in [-0.2, 0) is 21.2 Å². The van der Waals surface area contributed by atoms with Gasteiger partial charge >= 0.3 is 5.97 Å². The van der Waals surface area contributed by atoms with Gasteiger partial charge in [-0.1, -0.05) is 24.3 Å². The minimum atomic E-state index is -4.10. The second-order valence-electron chi connectivity index (χ2n) is 5.94. The van der Waals surface area contributed by atoms with Gasteiger partial charge in [-0.3, -0.25) is 0 Å². The summed E-state index contributed by atoms with van der Waals surface area (Å²) in [7, 11) is -2.96. The number of carbonyl (C=O) groups excluding carboxylic acids is 1. The van der Waals surface area contributed by atoms with Crippen LogP contribution in [0, 0.1) is 5.82 Å². The third kappa shape index (κ3) is 4.65. The van der Waals surface area contributed by atoms with Gasteiger partial charge in [0.1, 0.15) is 5.82 Å². The van der Waals surface area contributed by atoms with Crippen molar-refractivity contribution in [3.63, 3.8) is 0 Å². The molecule has 0 radical (unpaired) electrons. The largest absolute Gasteiger partial charge is 0.465 e. The van der Waals surface area contributed by atoms with Crippen LogP contribution in [0.15, 0.2) is 47.4 Å². The summed E-state index contributed by atoms with van der Waals surface area (Å²) in [5, 5.41) is 3.27. The molecule has 0 saturated carbocycles. The average molecular weight is 415 g/mol. The fraction of sp³-hybridized carbons (Fsp3) is 0.278. The highest BCUT2D eigenvalue weighted by Crippen LogP contribution is 2.23. The summed E-state index contributed by atoms with van der Waals surface area (Å²) in [4.78, 5) is 11.4. The molecule has 0 saturated heterocycles. The Morgan fingerprint density at radius 1 is 1.30 bits per heavy atom. The van der Waals surface area contributed by atoms with Crippen LogP contribution in [0.25, 0.3) is 0 Å². The maximum Gasteiger partial charge on any atom is 0.339 e. The van der Waals surface area contributed by atoms with E-state index in [0.717, 1.165) is 49.4 Å². The van der Waals surface area contributed by atoms with E-state index < -0.39 is 26.7 Å². The molecule has 1 atom stereocenters. The van der Waals surface area contributed by atoms with Crippen molar-refractivity contribution < 1.29 is 22.3 Å². The number of halogens is 2. The highest BCUT2D eigenvalue weighted by Gasteiger charge is 2.26. The highest BCUT2D eigenvalue weighted by atomic mass is 35.5. The van der Waals surface area contributed by atoms with Crippen molar-refractivity contribution in [2.75, 3.05) is 20.2 Å². The molecule has 1 heterocycles. The molecular weight excluding hydrogens is 395 g/mol. The zero-order valence-corrected chi connectivity index (χ0v) is 16.2. The molecule has 0 amide bonds. The summed E-state index contributed by atoms with van der Waals surface area (Å²) < 4.78 is 46.0. The van der Waals surface area contributed by atoms with Crippen molar-refractivity contribution in [3.8, 4) is 0 Å². The van der Waals surface area contributed by atoms with Gasteiger partial charge in [0.25, 0.3) is 0 Å². The summed E-state index contributed by atoms with van der Waals surface area (Å²) in [6, 6.07) is 10.5. The van der Waals surface area contributed by atoms with Crippen molar-refractivity contribution in [3.05, 3.63) is 65.0 Å². The van der Waals surface area contributed by atoms with E-state index in [2.05, 4.69) is 14.8 Å². The fourth-order valence-electron chi connectivity index (χ4n) is 3.04. The number of hydrogen-bond acceptors (Lipinski definition) is 5. The van der Waals surface area contributed by atoms with Gasteiger partial charge in [-0.15, -0.1) is 12.4 Å². The lowest BCUT2D eigenvalue weighted by Crippen LogP contribution is -2.39. The highest BCUT2D eigenvalue weighted by molar-refractivity contribution is 7.89. The second kappa shape index (κ2) is 8.79. The molecule has 2 N–H and O–H groups in total. The zero-order chi connectivity index (χ0) is 18.7. The van der Waals surface area contributed by atoms with Crippen molar-refractivity contribution in [1.29, 1.82) is 0 Å². The molecular formula is C18H20ClFN2O4S. The average Bonchev–Trinajstić information content (AvgIpc) is 2.65. The molecule has 2 aromatic carbocycles. The molecule has 3 rings (SSSR count). The van der Waals surface area contributed by atoms with Crippen molar-refractivity contribution in [2.45, 2.75) is 17.4 Å². The van der Waals surface area contributed by atoms with E-state index >= 15 is 0 Å². The zero-order valence-electron chi connectivity index (χ0n) is 14.6. The Hall–Kier alpha value is -2.00. The van der Waals surface area contributed by atoms with Crippen molar-refractivity contribution in [1.82, 2.24) is 10.0 Å². The number of methoxy groups -OCH3 is 1. The van der Waals surface area contributed by atoms with E-state index in [1.807, 2.05) is 24.3 Å². The first-order valence-electron chi connectivity index (χ1n) is 8.11. The summed E-state index contributed by atoms with van der Waals surface area (Å²) in [6.45, 7) is 0.813. The quantitative estimate of drug-likeness (QED) is 0.733. The Labute approximate surface area is 163 Å². The van der Waals surface area contributed by atoms with Gasteiger partial charge < -0.3 is 10.1 Å². The van der Waals surface area contributed by atoms with Gasteiger partial charge in [0, 0.05) is 12.6 Å². The molecule has 1 aliphatic rings. The summed E-state index contributed by atoms with van der Waals surface area (Å²) in [6.07, 6.45) is 0.871. The molecule has 2 aromatic rings. The number of carbonyl (C=O) groups is 1. The van der Waals surface area contributed by atoms with Crippen LogP contribution >= 0.6 is 12.4 Å². The number of esters is 1. The van der Waals surface area contributed by atoms with Gasteiger partial charge in [0.2, 0.25) is 10.0 Å². The monoisotopic (exact) mass is 414 g/mol. The SMILES string of the molecule is COC(=O)c1ccc(F)cc1S(=O)(=O)NCC1NCCc2ccccc21.Cl. The fourth-order valence-corrected chi connectivity index (χ4v) is 4.29. The third-order valence-electron chi connectivity index (χ3n) is 4.33. The van der Waals surface area contributed by atoms with Gasteiger partial charge in [-0.2, -0.15) is 0 Å². The van der Waals surface area contributed by atoms with E-state index in [4.69, 9.17) is 0 Å². The second-order valence-corrected chi connectivity index (χ2v) is 7.67. The smallest absolute Gasteiger partial charge is 0.339 e. The molecule has 9 heteroatoms. The summed E-state index contributed by atoms with van der Waals surface area (Å²) in [5.74, 6) is -1.59. The summed E-state index contributed by atoms with van der Waals surface area (Å²) in [5.41, 5.74) is 1.98. The standard InChI is InChI=1S/C18H19FN2O4S.ClH/c1-25-18(22)15-7-6-13(19)10-17(15)26(23,24)21-11-16-14-5-3-2-4-12(14)8-9-20-16;/h2-7,10,16,20-21H,8-9,11H2,1H3;1H. The lowest BCUT2D eigenvalue weighted by molar-refractivity contribution is 0.0596. The van der Waals surface area contributed by atoms with Crippen LogP contribution in [0.4, 0.5) is 4.39 Å². The minimum absolute atomic E-state index is 0. The number of hydrogen-bond donors (Lipinski definition) is 2. The predicted molar refractivity (Wildman–Crippen MR) is 101 cm³/mol. The van der Waals surface area contributed by atoms with E-state index in [0.29, 0.717) is 0 Å². The van der Waals surface area contributed by atoms with E-state index in [1.165, 1.54) is 0 Å². The van der Waals surface area contributed by atoms with Crippen LogP contribution in [0.1, 0.15) is 27.5 Å². The maximum atomic E-state index is 13.6. The first-order valence-corrected chi connectivity index (χ1v) is 9.59. The molecule has 6 nitrogen and oxygen atoms in total. The van der Waals surface area contributed by atoms with Gasteiger partial charge in [0.05, 0.1) is 17.6 Å². The van der Waals surface area contributed by atoms with E-state index in [1.54, 1.807) is 0 Å². The predicted octanol–water partition coefficient (Wildman–Crippen LogP) is 2.20. The first-order chi connectivity index (χ1) is 12.4. The molecule has 0 spiro atoms. The van der Waals surface area contributed by atoms with Crippen molar-refractivity contribution >= 4 is 28.4 Å². The molecule has 27 heavy (non-hydrogen) atoms. The maximum absolute atomic E-state index is 13.6. The molecule has 0 fully saturated rings. The van der Waals surface area contributed by atoms with Crippen molar-refractivity contribution in [2.24, 2.45) is 0 Å². The molecule has 1 aliphatic heterocycles. The van der Waals surface area contributed by atoms with Crippen LogP contribution < -0.4 is 10.0 Å². The van der Waals surface area contributed by atoms with Crippen LogP contribution in [0.2, 0.25) is 0 Å². The topological polar surface area (TPSA) is 84.5 Å². The lowest BCUT2D eigenvalue weighted by atomic mass is 9.95. The van der Waals surface area contributed by atoms with Gasteiger partial charge in [-0.05, 0) is 42.3 Å². The molecule has 0 bridgehead atoms.